The van der Waals surface area contributed by atoms with Crippen molar-refractivity contribution in [1.82, 2.24) is 4.90 Å². The Hall–Kier alpha value is -1.00. The molecule has 2 atom stereocenters. The minimum absolute atomic E-state index is 0.138. The Morgan fingerprint density at radius 1 is 1.42 bits per heavy atom. The lowest BCUT2D eigenvalue weighted by atomic mass is 9.96. The molecule has 4 heteroatoms. The van der Waals surface area contributed by atoms with E-state index in [9.17, 15) is 9.90 Å². The molecule has 1 fully saturated rings. The minimum Gasteiger partial charge on any atom is -0.480 e. The highest BCUT2D eigenvalue weighted by atomic mass is 32.2. The average molecular weight is 279 g/mol. The van der Waals surface area contributed by atoms with Crippen LogP contribution in [0.2, 0.25) is 0 Å². The Bertz CT molecular complexity index is 460. The van der Waals surface area contributed by atoms with Gasteiger partial charge in [0.2, 0.25) is 0 Å². The van der Waals surface area contributed by atoms with Crippen LogP contribution in [0.5, 0.6) is 0 Å². The number of likely N-dealkylation sites (tertiary alicyclic amines) is 1. The number of benzene rings is 1. The quantitative estimate of drug-likeness (QED) is 0.858. The summed E-state index contributed by atoms with van der Waals surface area (Å²) in [4.78, 5) is 14.9. The van der Waals surface area contributed by atoms with Crippen molar-refractivity contribution < 1.29 is 9.90 Å². The number of carbonyl (C=O) groups is 1. The van der Waals surface area contributed by atoms with Crippen molar-refractivity contribution in [3.63, 3.8) is 0 Å². The van der Waals surface area contributed by atoms with Gasteiger partial charge in [-0.05, 0) is 57.2 Å². The van der Waals surface area contributed by atoms with Crippen molar-refractivity contribution >= 4 is 17.7 Å². The van der Waals surface area contributed by atoms with E-state index in [2.05, 4.69) is 42.3 Å². The molecule has 0 aromatic heterocycles. The van der Waals surface area contributed by atoms with Crippen molar-refractivity contribution in [1.29, 1.82) is 0 Å². The number of rotatable bonds is 4. The molecule has 1 aromatic rings. The fourth-order valence-electron chi connectivity index (χ4n) is 2.90. The highest BCUT2D eigenvalue weighted by Crippen LogP contribution is 2.37. The zero-order chi connectivity index (χ0) is 14.0. The molecular formula is C15H21NO2S. The van der Waals surface area contributed by atoms with Gasteiger partial charge in [-0.3, -0.25) is 9.69 Å². The monoisotopic (exact) mass is 279 g/mol. The van der Waals surface area contributed by atoms with Crippen molar-refractivity contribution in [3.05, 3.63) is 29.8 Å². The van der Waals surface area contributed by atoms with Crippen molar-refractivity contribution in [2.75, 3.05) is 12.8 Å². The first-order chi connectivity index (χ1) is 8.99. The van der Waals surface area contributed by atoms with E-state index in [0.717, 1.165) is 19.4 Å². The summed E-state index contributed by atoms with van der Waals surface area (Å²) in [5.74, 6) is -0.711. The molecule has 0 bridgehead atoms. The number of hydrogen-bond acceptors (Lipinski definition) is 3. The lowest BCUT2D eigenvalue weighted by molar-refractivity contribution is -0.149. The molecule has 1 N–H and O–H groups in total. The lowest BCUT2D eigenvalue weighted by Gasteiger charge is -2.36. The van der Waals surface area contributed by atoms with Crippen molar-refractivity contribution in [2.24, 2.45) is 0 Å². The first-order valence-corrected chi connectivity index (χ1v) is 7.85. The summed E-state index contributed by atoms with van der Waals surface area (Å²) >= 11 is 1.72. The van der Waals surface area contributed by atoms with Gasteiger partial charge in [0.25, 0.3) is 0 Å². The van der Waals surface area contributed by atoms with Crippen molar-refractivity contribution in [3.8, 4) is 0 Å². The van der Waals surface area contributed by atoms with Gasteiger partial charge in [-0.2, -0.15) is 0 Å². The van der Waals surface area contributed by atoms with Gasteiger partial charge in [0.15, 0.2) is 0 Å². The Kier molecular flexibility index (Phi) is 4.21. The highest BCUT2D eigenvalue weighted by molar-refractivity contribution is 7.98. The summed E-state index contributed by atoms with van der Waals surface area (Å²) in [6.45, 7) is 4.80. The summed E-state index contributed by atoms with van der Waals surface area (Å²) in [5, 5.41) is 9.48. The standard InChI is InChI=1S/C15H21NO2S/c1-11(12-5-7-13(19-3)8-6-12)16-10-4-9-15(16,2)14(17)18/h5-8,11H,4,9-10H2,1-3H3,(H,17,18). The van der Waals surface area contributed by atoms with Crippen LogP contribution in [0.3, 0.4) is 0 Å². The van der Waals surface area contributed by atoms with Crippen LogP contribution in [0.1, 0.15) is 38.3 Å². The number of thioether (sulfide) groups is 1. The molecule has 1 aromatic carbocycles. The maximum atomic E-state index is 11.5. The average Bonchev–Trinajstić information content (AvgIpc) is 2.81. The topological polar surface area (TPSA) is 40.5 Å². The normalized spacial score (nSPS) is 25.4. The van der Waals surface area contributed by atoms with Gasteiger partial charge >= 0.3 is 5.97 Å². The molecule has 1 saturated heterocycles. The first-order valence-electron chi connectivity index (χ1n) is 6.63. The summed E-state index contributed by atoms with van der Waals surface area (Å²) < 4.78 is 0. The number of nitrogens with zero attached hydrogens (tertiary/aromatic N) is 1. The smallest absolute Gasteiger partial charge is 0.323 e. The van der Waals surface area contributed by atoms with E-state index in [0.29, 0.717) is 0 Å². The third-order valence-electron chi connectivity index (χ3n) is 4.22. The number of carboxylic acids is 1. The second-order valence-electron chi connectivity index (χ2n) is 5.33. The van der Waals surface area contributed by atoms with Crippen LogP contribution in [-0.2, 0) is 4.79 Å². The lowest BCUT2D eigenvalue weighted by Crippen LogP contribution is -2.48. The molecule has 1 aliphatic rings. The molecule has 1 heterocycles. The first kappa shape index (κ1) is 14.4. The van der Waals surface area contributed by atoms with E-state index in [1.165, 1.54) is 10.5 Å². The molecule has 2 rings (SSSR count). The van der Waals surface area contributed by atoms with Crippen LogP contribution in [0.15, 0.2) is 29.2 Å². The maximum Gasteiger partial charge on any atom is 0.323 e. The molecule has 19 heavy (non-hydrogen) atoms. The van der Waals surface area contributed by atoms with Gasteiger partial charge < -0.3 is 5.11 Å². The van der Waals surface area contributed by atoms with Gasteiger partial charge in [0, 0.05) is 10.9 Å². The zero-order valence-corrected chi connectivity index (χ0v) is 12.5. The molecule has 0 aliphatic carbocycles. The Labute approximate surface area is 119 Å². The van der Waals surface area contributed by atoms with E-state index >= 15 is 0 Å². The highest BCUT2D eigenvalue weighted by Gasteiger charge is 2.45. The van der Waals surface area contributed by atoms with E-state index in [-0.39, 0.29) is 6.04 Å². The van der Waals surface area contributed by atoms with E-state index in [1.807, 2.05) is 6.92 Å². The minimum atomic E-state index is -0.725. The van der Waals surface area contributed by atoms with E-state index < -0.39 is 11.5 Å². The number of carboxylic acid groups (broad SMARTS) is 1. The molecular weight excluding hydrogens is 258 g/mol. The second kappa shape index (κ2) is 5.55. The summed E-state index contributed by atoms with van der Waals surface area (Å²) in [6, 6.07) is 8.56. The van der Waals surface area contributed by atoms with Crippen LogP contribution >= 0.6 is 11.8 Å². The number of aliphatic carboxylic acids is 1. The molecule has 3 nitrogen and oxygen atoms in total. The van der Waals surface area contributed by atoms with Crippen LogP contribution in [0.4, 0.5) is 0 Å². The van der Waals surface area contributed by atoms with Crippen LogP contribution in [-0.4, -0.2) is 34.3 Å². The summed E-state index contributed by atoms with van der Waals surface area (Å²) in [6.07, 6.45) is 3.74. The number of hydrogen-bond donors (Lipinski definition) is 1. The fourth-order valence-corrected chi connectivity index (χ4v) is 3.31. The molecule has 1 aliphatic heterocycles. The molecule has 0 spiro atoms. The fraction of sp³-hybridized carbons (Fsp3) is 0.533. The predicted octanol–water partition coefficient (Wildman–Crippen LogP) is 3.41. The molecule has 0 amide bonds. The predicted molar refractivity (Wildman–Crippen MR) is 78.6 cm³/mol. The molecule has 0 radical (unpaired) electrons. The van der Waals surface area contributed by atoms with Gasteiger partial charge in [-0.25, -0.2) is 0 Å². The SMILES string of the molecule is CSc1ccc(C(C)N2CCCC2(C)C(=O)O)cc1. The third-order valence-corrected chi connectivity index (χ3v) is 4.97. The van der Waals surface area contributed by atoms with Crippen LogP contribution < -0.4 is 0 Å². The van der Waals surface area contributed by atoms with Gasteiger partial charge in [-0.15, -0.1) is 11.8 Å². The van der Waals surface area contributed by atoms with Crippen LogP contribution in [0, 0.1) is 0 Å². The van der Waals surface area contributed by atoms with Gasteiger partial charge in [0.05, 0.1) is 0 Å². The Morgan fingerprint density at radius 3 is 2.58 bits per heavy atom. The largest absolute Gasteiger partial charge is 0.480 e. The maximum absolute atomic E-state index is 11.5. The van der Waals surface area contributed by atoms with E-state index in [4.69, 9.17) is 0 Å². The molecule has 2 unspecified atom stereocenters. The molecule has 104 valence electrons. The summed E-state index contributed by atoms with van der Waals surface area (Å²) in [7, 11) is 0. The zero-order valence-electron chi connectivity index (χ0n) is 11.7. The van der Waals surface area contributed by atoms with E-state index in [1.54, 1.807) is 11.8 Å². The van der Waals surface area contributed by atoms with Crippen molar-refractivity contribution in [2.45, 2.75) is 43.2 Å². The van der Waals surface area contributed by atoms with Gasteiger partial charge in [-0.1, -0.05) is 12.1 Å². The Balaban J connectivity index is 2.22. The third kappa shape index (κ3) is 2.65. The van der Waals surface area contributed by atoms with Crippen LogP contribution in [0.25, 0.3) is 0 Å². The molecule has 0 saturated carbocycles. The second-order valence-corrected chi connectivity index (χ2v) is 6.20. The summed E-state index contributed by atoms with van der Waals surface area (Å²) in [5.41, 5.74) is 0.463. The Morgan fingerprint density at radius 2 is 2.05 bits per heavy atom. The van der Waals surface area contributed by atoms with Gasteiger partial charge in [0.1, 0.15) is 5.54 Å².